The zero-order valence-electron chi connectivity index (χ0n) is 12.7. The van der Waals surface area contributed by atoms with Gasteiger partial charge in [-0.25, -0.2) is 0 Å². The Morgan fingerprint density at radius 1 is 0.591 bits per heavy atom. The highest BCUT2D eigenvalue weighted by molar-refractivity contribution is 7.86. The van der Waals surface area contributed by atoms with Gasteiger partial charge in [0.15, 0.2) is 0 Å². The lowest BCUT2D eigenvalue weighted by atomic mass is 9.99. The molecule has 9 nitrogen and oxygen atoms in total. The van der Waals surface area contributed by atoms with E-state index in [2.05, 4.69) is 12.5 Å². The Morgan fingerprint density at radius 3 is 1.00 bits per heavy atom. The highest BCUT2D eigenvalue weighted by atomic mass is 32.2. The maximum absolute atomic E-state index is 10.9. The summed E-state index contributed by atoms with van der Waals surface area (Å²) < 4.78 is 79.1. The van der Waals surface area contributed by atoms with E-state index in [1.807, 2.05) is 0 Å². The molecular formula is C10H22O9S3. The van der Waals surface area contributed by atoms with Crippen LogP contribution < -0.4 is 0 Å². The molecule has 0 aromatic rings. The molecule has 134 valence electrons. The van der Waals surface area contributed by atoms with Gasteiger partial charge in [0.2, 0.25) is 0 Å². The molecule has 0 rings (SSSR count). The molecule has 0 N–H and O–H groups in total. The molecule has 0 spiro atoms. The van der Waals surface area contributed by atoms with Crippen LogP contribution in [0.15, 0.2) is 0 Å². The zero-order chi connectivity index (χ0) is 17.4. The molecule has 12 heteroatoms. The van der Waals surface area contributed by atoms with Crippen molar-refractivity contribution in [3.05, 3.63) is 0 Å². The number of rotatable bonds is 12. The summed E-state index contributed by atoms with van der Waals surface area (Å²) in [4.78, 5) is 0. The van der Waals surface area contributed by atoms with Crippen LogP contribution in [0.3, 0.4) is 0 Å². The molecule has 0 aliphatic rings. The monoisotopic (exact) mass is 382 g/mol. The molecule has 0 aliphatic heterocycles. The minimum atomic E-state index is -3.56. The van der Waals surface area contributed by atoms with E-state index in [-0.39, 0.29) is 25.7 Å². The molecule has 0 saturated heterocycles. The van der Waals surface area contributed by atoms with Gasteiger partial charge in [0.05, 0.1) is 38.6 Å². The van der Waals surface area contributed by atoms with Crippen molar-refractivity contribution in [1.82, 2.24) is 0 Å². The van der Waals surface area contributed by atoms with Crippen LogP contribution in [0.2, 0.25) is 0 Å². The van der Waals surface area contributed by atoms with Gasteiger partial charge >= 0.3 is 0 Å². The predicted octanol–water partition coefficient (Wildman–Crippen LogP) is -0.298. The van der Waals surface area contributed by atoms with Crippen molar-refractivity contribution in [2.75, 3.05) is 38.6 Å². The summed E-state index contributed by atoms with van der Waals surface area (Å²) in [6.45, 7) is -0.246. The number of hydrogen-bond acceptors (Lipinski definition) is 9. The fraction of sp³-hybridized carbons (Fsp3) is 1.00. The van der Waals surface area contributed by atoms with Crippen molar-refractivity contribution in [2.24, 2.45) is 5.92 Å². The van der Waals surface area contributed by atoms with Crippen LogP contribution in [0.25, 0.3) is 0 Å². The van der Waals surface area contributed by atoms with Gasteiger partial charge in [-0.1, -0.05) is 0 Å². The largest absolute Gasteiger partial charge is 0.270 e. The second-order valence-corrected chi connectivity index (χ2v) is 9.74. The van der Waals surface area contributed by atoms with Gasteiger partial charge in [-0.3, -0.25) is 12.5 Å². The second-order valence-electron chi connectivity index (χ2n) is 4.81. The first kappa shape index (κ1) is 21.7. The first-order valence-electron chi connectivity index (χ1n) is 6.32. The molecule has 0 saturated carbocycles. The average Bonchev–Trinajstić information content (AvgIpc) is 2.23. The van der Waals surface area contributed by atoms with Crippen LogP contribution in [-0.4, -0.2) is 63.8 Å². The van der Waals surface area contributed by atoms with E-state index < -0.39 is 30.4 Å². The molecule has 0 aliphatic carbocycles. The van der Waals surface area contributed by atoms with E-state index in [0.717, 1.165) is 18.8 Å². The van der Waals surface area contributed by atoms with Crippen LogP contribution in [0.1, 0.15) is 19.3 Å². The Balaban J connectivity index is 4.35. The van der Waals surface area contributed by atoms with Crippen molar-refractivity contribution in [1.29, 1.82) is 0 Å². The average molecular weight is 382 g/mol. The molecule has 0 aromatic heterocycles. The van der Waals surface area contributed by atoms with Crippen LogP contribution in [-0.2, 0) is 42.9 Å². The molecule has 0 unspecified atom stereocenters. The van der Waals surface area contributed by atoms with Crippen molar-refractivity contribution in [3.63, 3.8) is 0 Å². The van der Waals surface area contributed by atoms with Crippen LogP contribution in [0, 0.1) is 5.92 Å². The van der Waals surface area contributed by atoms with E-state index in [0.29, 0.717) is 19.3 Å². The Kier molecular flexibility index (Phi) is 9.02. The molecule has 0 radical (unpaired) electrons. The summed E-state index contributed by atoms with van der Waals surface area (Å²) in [6.07, 6.45) is 3.65. The van der Waals surface area contributed by atoms with E-state index in [1.165, 1.54) is 0 Å². The lowest BCUT2D eigenvalue weighted by Gasteiger charge is -2.16. The summed E-state index contributed by atoms with van der Waals surface area (Å²) >= 11 is 0. The molecule has 0 fully saturated rings. The first-order valence-corrected chi connectivity index (χ1v) is 11.8. The maximum atomic E-state index is 10.9. The maximum Gasteiger partial charge on any atom is 0.264 e. The lowest BCUT2D eigenvalue weighted by Crippen LogP contribution is -2.15. The molecule has 0 amide bonds. The smallest absolute Gasteiger partial charge is 0.264 e. The minimum Gasteiger partial charge on any atom is -0.270 e. The third-order valence-electron chi connectivity index (χ3n) is 2.47. The fourth-order valence-electron chi connectivity index (χ4n) is 1.53. The minimum absolute atomic E-state index is 0.0821. The topological polar surface area (TPSA) is 130 Å². The zero-order valence-corrected chi connectivity index (χ0v) is 15.2. The van der Waals surface area contributed by atoms with Gasteiger partial charge in [-0.2, -0.15) is 25.3 Å². The lowest BCUT2D eigenvalue weighted by molar-refractivity contribution is 0.213. The summed E-state index contributed by atoms with van der Waals surface area (Å²) in [7, 11) is -10.7. The van der Waals surface area contributed by atoms with E-state index in [1.54, 1.807) is 0 Å². The summed E-state index contributed by atoms with van der Waals surface area (Å²) in [5, 5.41) is 0. The molecule has 0 bridgehead atoms. The van der Waals surface area contributed by atoms with Gasteiger partial charge in [-0.15, -0.1) is 0 Å². The Morgan fingerprint density at radius 2 is 0.818 bits per heavy atom. The fourth-order valence-corrected chi connectivity index (χ4v) is 2.73. The van der Waals surface area contributed by atoms with Crippen molar-refractivity contribution in [3.8, 4) is 0 Å². The highest BCUT2D eigenvalue weighted by Crippen LogP contribution is 2.15. The predicted molar refractivity (Wildman–Crippen MR) is 79.7 cm³/mol. The molecular weight excluding hydrogens is 360 g/mol. The van der Waals surface area contributed by atoms with Crippen LogP contribution in [0.4, 0.5) is 0 Å². The molecule has 22 heavy (non-hydrogen) atoms. The Labute approximate surface area is 132 Å². The third kappa shape index (κ3) is 16.1. The SMILES string of the molecule is CS(=O)(=O)OCCC(CCOS(C)(=O)=O)CCOS(C)(=O)=O. The van der Waals surface area contributed by atoms with Crippen LogP contribution >= 0.6 is 0 Å². The number of hydrogen-bond donors (Lipinski definition) is 0. The van der Waals surface area contributed by atoms with Crippen molar-refractivity contribution < 1.29 is 37.8 Å². The molecule has 0 heterocycles. The first-order chi connectivity index (χ1) is 9.79. The molecule has 0 atom stereocenters. The Hall–Kier alpha value is -0.270. The van der Waals surface area contributed by atoms with E-state index in [9.17, 15) is 25.3 Å². The highest BCUT2D eigenvalue weighted by Gasteiger charge is 2.14. The van der Waals surface area contributed by atoms with E-state index in [4.69, 9.17) is 0 Å². The van der Waals surface area contributed by atoms with Gasteiger partial charge in [0.25, 0.3) is 30.4 Å². The van der Waals surface area contributed by atoms with Gasteiger partial charge in [0.1, 0.15) is 0 Å². The summed E-state index contributed by atoms with van der Waals surface area (Å²) in [6, 6.07) is 0. The van der Waals surface area contributed by atoms with Crippen molar-refractivity contribution >= 4 is 30.4 Å². The molecule has 0 aromatic carbocycles. The standard InChI is InChI=1S/C10H22O9S3/c1-20(11,12)17-7-4-10(5-8-18-21(2,13)14)6-9-19-22(3,15)16/h10H,4-9H2,1-3H3. The van der Waals surface area contributed by atoms with Gasteiger partial charge in [-0.05, 0) is 25.2 Å². The van der Waals surface area contributed by atoms with Crippen LogP contribution in [0.5, 0.6) is 0 Å². The Bertz CT molecular complexity index is 528. The summed E-state index contributed by atoms with van der Waals surface area (Å²) in [5.74, 6) is -0.203. The van der Waals surface area contributed by atoms with E-state index >= 15 is 0 Å². The third-order valence-corrected chi connectivity index (χ3v) is 4.25. The quantitative estimate of drug-likeness (QED) is 0.417. The van der Waals surface area contributed by atoms with Gasteiger partial charge < -0.3 is 0 Å². The van der Waals surface area contributed by atoms with Gasteiger partial charge in [0, 0.05) is 0 Å². The second kappa shape index (κ2) is 9.13. The van der Waals surface area contributed by atoms with Crippen molar-refractivity contribution in [2.45, 2.75) is 19.3 Å². The normalized spacial score (nSPS) is 13.6. The summed E-state index contributed by atoms with van der Waals surface area (Å²) in [5.41, 5.74) is 0.